The fourth-order valence-corrected chi connectivity index (χ4v) is 3.13. The maximum atomic E-state index is 5.92. The Kier molecular flexibility index (Phi) is 3.44. The second-order valence-corrected chi connectivity index (χ2v) is 5.82. The summed E-state index contributed by atoms with van der Waals surface area (Å²) >= 11 is 1.92. The first-order chi connectivity index (χ1) is 7.16. The lowest BCUT2D eigenvalue weighted by atomic mass is 10.0. The summed E-state index contributed by atoms with van der Waals surface area (Å²) in [5.41, 5.74) is 5.92. The molecule has 0 aliphatic carbocycles. The summed E-state index contributed by atoms with van der Waals surface area (Å²) in [6.45, 7) is 6.79. The minimum absolute atomic E-state index is 0.429. The molecule has 2 nitrogen and oxygen atoms in total. The van der Waals surface area contributed by atoms with Crippen LogP contribution in [0, 0.1) is 6.92 Å². The molecule has 0 radical (unpaired) electrons. The van der Waals surface area contributed by atoms with Crippen LogP contribution in [-0.2, 0) is 0 Å². The number of thiophene rings is 1. The van der Waals surface area contributed by atoms with Crippen molar-refractivity contribution in [2.45, 2.75) is 38.8 Å². The maximum absolute atomic E-state index is 5.92. The van der Waals surface area contributed by atoms with Crippen molar-refractivity contribution >= 4 is 11.3 Å². The van der Waals surface area contributed by atoms with Gasteiger partial charge in [-0.15, -0.1) is 11.3 Å². The fraction of sp³-hybridized carbons (Fsp3) is 0.667. The van der Waals surface area contributed by atoms with Crippen LogP contribution >= 0.6 is 11.3 Å². The molecular weight excluding hydrogens is 204 g/mol. The fourth-order valence-electron chi connectivity index (χ4n) is 2.16. The smallest absolute Gasteiger partial charge is 0.0413 e. The summed E-state index contributed by atoms with van der Waals surface area (Å²) in [5.74, 6) is 0. The number of likely N-dealkylation sites (tertiary alicyclic amines) is 1. The molecule has 2 N–H and O–H groups in total. The van der Waals surface area contributed by atoms with Crippen molar-refractivity contribution in [3.8, 4) is 0 Å². The summed E-state index contributed by atoms with van der Waals surface area (Å²) in [7, 11) is 0. The first-order valence-corrected chi connectivity index (χ1v) is 6.54. The first kappa shape index (κ1) is 11.1. The van der Waals surface area contributed by atoms with E-state index in [1.807, 2.05) is 11.3 Å². The molecule has 2 heterocycles. The number of hydrogen-bond donors (Lipinski definition) is 1. The van der Waals surface area contributed by atoms with Crippen molar-refractivity contribution in [3.63, 3.8) is 0 Å². The van der Waals surface area contributed by atoms with Crippen LogP contribution in [0.5, 0.6) is 0 Å². The zero-order valence-electron chi connectivity index (χ0n) is 9.57. The van der Waals surface area contributed by atoms with Gasteiger partial charge in [0.2, 0.25) is 0 Å². The Morgan fingerprint density at radius 3 is 2.60 bits per heavy atom. The lowest BCUT2D eigenvalue weighted by Crippen LogP contribution is -2.40. The summed E-state index contributed by atoms with van der Waals surface area (Å²) in [4.78, 5) is 5.45. The second kappa shape index (κ2) is 4.64. The number of nitrogens with zero attached hydrogens (tertiary/aromatic N) is 1. The van der Waals surface area contributed by atoms with Crippen LogP contribution in [0.4, 0.5) is 0 Å². The van der Waals surface area contributed by atoms with E-state index in [9.17, 15) is 0 Å². The summed E-state index contributed by atoms with van der Waals surface area (Å²) in [6.07, 6.45) is 2.30. The largest absolute Gasteiger partial charge is 0.328 e. The number of rotatable bonds is 2. The molecule has 1 aromatic heterocycles. The zero-order chi connectivity index (χ0) is 10.8. The van der Waals surface area contributed by atoms with Crippen molar-refractivity contribution in [1.82, 2.24) is 4.90 Å². The van der Waals surface area contributed by atoms with E-state index in [-0.39, 0.29) is 0 Å². The minimum Gasteiger partial charge on any atom is -0.328 e. The summed E-state index contributed by atoms with van der Waals surface area (Å²) < 4.78 is 0. The van der Waals surface area contributed by atoms with Crippen molar-refractivity contribution in [3.05, 3.63) is 21.9 Å². The van der Waals surface area contributed by atoms with Gasteiger partial charge in [0.1, 0.15) is 0 Å². The van der Waals surface area contributed by atoms with Gasteiger partial charge in [-0.2, -0.15) is 0 Å². The normalized spacial score (nSPS) is 21.8. The molecular formula is C12H20N2S. The molecule has 2 rings (SSSR count). The zero-order valence-corrected chi connectivity index (χ0v) is 10.4. The molecule has 1 aliphatic heterocycles. The Hall–Kier alpha value is -0.380. The number of nitrogens with two attached hydrogens (primary N) is 1. The molecule has 0 bridgehead atoms. The Morgan fingerprint density at radius 1 is 1.40 bits per heavy atom. The molecule has 1 fully saturated rings. The standard InChI is InChI=1S/C12H20N2S/c1-9-3-4-12(15-9)10(2)14-7-5-11(13)6-8-14/h3-4,10-11H,5-8,13H2,1-2H3. The van der Waals surface area contributed by atoms with E-state index in [4.69, 9.17) is 5.73 Å². The highest BCUT2D eigenvalue weighted by Gasteiger charge is 2.22. The van der Waals surface area contributed by atoms with Crippen LogP contribution in [0.1, 0.15) is 35.6 Å². The highest BCUT2D eigenvalue weighted by atomic mass is 32.1. The van der Waals surface area contributed by atoms with E-state index in [1.165, 1.54) is 9.75 Å². The van der Waals surface area contributed by atoms with Gasteiger partial charge in [-0.25, -0.2) is 0 Å². The minimum atomic E-state index is 0.429. The van der Waals surface area contributed by atoms with Crippen molar-refractivity contribution in [2.75, 3.05) is 13.1 Å². The van der Waals surface area contributed by atoms with E-state index in [0.29, 0.717) is 12.1 Å². The van der Waals surface area contributed by atoms with Gasteiger partial charge < -0.3 is 5.73 Å². The Morgan fingerprint density at radius 2 is 2.07 bits per heavy atom. The van der Waals surface area contributed by atoms with E-state index in [2.05, 4.69) is 30.9 Å². The molecule has 1 unspecified atom stereocenters. The third-order valence-electron chi connectivity index (χ3n) is 3.29. The van der Waals surface area contributed by atoms with Gasteiger partial charge in [-0.1, -0.05) is 0 Å². The highest BCUT2D eigenvalue weighted by molar-refractivity contribution is 7.12. The van der Waals surface area contributed by atoms with Crippen LogP contribution in [-0.4, -0.2) is 24.0 Å². The molecule has 0 spiro atoms. The van der Waals surface area contributed by atoms with Crippen molar-refractivity contribution in [2.24, 2.45) is 5.73 Å². The summed E-state index contributed by atoms with van der Waals surface area (Å²) in [5, 5.41) is 0. The van der Waals surface area contributed by atoms with Crippen LogP contribution in [0.2, 0.25) is 0 Å². The predicted molar refractivity (Wildman–Crippen MR) is 66.3 cm³/mol. The highest BCUT2D eigenvalue weighted by Crippen LogP contribution is 2.28. The number of piperidine rings is 1. The third-order valence-corrected chi connectivity index (χ3v) is 4.47. The molecule has 0 saturated carbocycles. The molecule has 1 aliphatic rings. The number of hydrogen-bond acceptors (Lipinski definition) is 3. The summed E-state index contributed by atoms with van der Waals surface area (Å²) in [6, 6.07) is 5.47. The van der Waals surface area contributed by atoms with E-state index < -0.39 is 0 Å². The molecule has 15 heavy (non-hydrogen) atoms. The molecule has 1 aromatic rings. The van der Waals surface area contributed by atoms with Gasteiger partial charge in [0.15, 0.2) is 0 Å². The van der Waals surface area contributed by atoms with Gasteiger partial charge in [-0.05, 0) is 38.8 Å². The van der Waals surface area contributed by atoms with Gasteiger partial charge in [0.05, 0.1) is 0 Å². The van der Waals surface area contributed by atoms with Gasteiger partial charge in [0.25, 0.3) is 0 Å². The third kappa shape index (κ3) is 2.60. The Bertz CT molecular complexity index is 313. The average Bonchev–Trinajstić information content (AvgIpc) is 2.65. The Labute approximate surface area is 96.1 Å². The SMILES string of the molecule is Cc1ccc(C(C)N2CCC(N)CC2)s1. The van der Waals surface area contributed by atoms with E-state index in [0.717, 1.165) is 25.9 Å². The maximum Gasteiger partial charge on any atom is 0.0413 e. The van der Waals surface area contributed by atoms with Crippen molar-refractivity contribution < 1.29 is 0 Å². The first-order valence-electron chi connectivity index (χ1n) is 5.73. The molecule has 0 aromatic carbocycles. The van der Waals surface area contributed by atoms with E-state index in [1.54, 1.807) is 0 Å². The van der Waals surface area contributed by atoms with Crippen LogP contribution < -0.4 is 5.73 Å². The predicted octanol–water partition coefficient (Wildman–Crippen LogP) is 2.54. The van der Waals surface area contributed by atoms with Gasteiger partial charge in [-0.3, -0.25) is 4.90 Å². The average molecular weight is 224 g/mol. The quantitative estimate of drug-likeness (QED) is 0.836. The van der Waals surface area contributed by atoms with Gasteiger partial charge >= 0.3 is 0 Å². The van der Waals surface area contributed by atoms with Crippen LogP contribution in [0.3, 0.4) is 0 Å². The lowest BCUT2D eigenvalue weighted by molar-refractivity contribution is 0.165. The van der Waals surface area contributed by atoms with E-state index >= 15 is 0 Å². The monoisotopic (exact) mass is 224 g/mol. The molecule has 1 saturated heterocycles. The molecule has 1 atom stereocenters. The Balaban J connectivity index is 1.99. The second-order valence-electron chi connectivity index (χ2n) is 4.50. The molecule has 0 amide bonds. The lowest BCUT2D eigenvalue weighted by Gasteiger charge is -2.34. The van der Waals surface area contributed by atoms with Gasteiger partial charge in [0, 0.05) is 34.9 Å². The van der Waals surface area contributed by atoms with Crippen molar-refractivity contribution in [1.29, 1.82) is 0 Å². The topological polar surface area (TPSA) is 29.3 Å². The van der Waals surface area contributed by atoms with Crippen LogP contribution in [0.25, 0.3) is 0 Å². The number of aryl methyl sites for hydroxylation is 1. The molecule has 84 valence electrons. The molecule has 3 heteroatoms. The van der Waals surface area contributed by atoms with Crippen LogP contribution in [0.15, 0.2) is 12.1 Å².